The topological polar surface area (TPSA) is 17.1 Å². The van der Waals surface area contributed by atoms with E-state index < -0.39 is 0 Å². The molecule has 1 aliphatic carbocycles. The molecule has 0 fully saturated rings. The van der Waals surface area contributed by atoms with Gasteiger partial charge in [0.15, 0.2) is 0 Å². The minimum Gasteiger partial charge on any atom is -0.298 e. The number of rotatable bonds is 1. The summed E-state index contributed by atoms with van der Waals surface area (Å²) in [6.45, 7) is 0. The minimum absolute atomic E-state index is 0.785. The van der Waals surface area contributed by atoms with Crippen molar-refractivity contribution in [2.24, 2.45) is 0 Å². The van der Waals surface area contributed by atoms with E-state index in [9.17, 15) is 4.79 Å². The summed E-state index contributed by atoms with van der Waals surface area (Å²) in [4.78, 5) is 10.2. The van der Waals surface area contributed by atoms with Gasteiger partial charge in [0.1, 0.15) is 6.29 Å². The van der Waals surface area contributed by atoms with Crippen LogP contribution in [0, 0.1) is 0 Å². The third-order valence-electron chi connectivity index (χ3n) is 1.22. The largest absolute Gasteiger partial charge is 0.298 e. The van der Waals surface area contributed by atoms with Crippen molar-refractivity contribution in [1.29, 1.82) is 0 Å². The lowest BCUT2D eigenvalue weighted by Gasteiger charge is -2.02. The summed E-state index contributed by atoms with van der Waals surface area (Å²) >= 11 is 3.33. The van der Waals surface area contributed by atoms with E-state index in [4.69, 9.17) is 0 Å². The van der Waals surface area contributed by atoms with Crippen molar-refractivity contribution in [2.45, 2.75) is 12.8 Å². The Hall–Kier alpha value is -0.370. The molecule has 0 N–H and O–H groups in total. The van der Waals surface area contributed by atoms with Crippen molar-refractivity contribution in [3.05, 3.63) is 22.2 Å². The van der Waals surface area contributed by atoms with E-state index in [2.05, 4.69) is 15.9 Å². The Kier molecular flexibility index (Phi) is 2.22. The van der Waals surface area contributed by atoms with Crippen LogP contribution in [0.4, 0.5) is 0 Å². The molecule has 0 unspecified atom stereocenters. The molecule has 0 bridgehead atoms. The molecule has 0 radical (unpaired) electrons. The fraction of sp³-hybridized carbons (Fsp3) is 0.286. The van der Waals surface area contributed by atoms with Crippen molar-refractivity contribution >= 4 is 22.2 Å². The van der Waals surface area contributed by atoms with E-state index in [1.54, 1.807) is 0 Å². The fourth-order valence-electron chi connectivity index (χ4n) is 0.771. The van der Waals surface area contributed by atoms with Crippen LogP contribution in [-0.4, -0.2) is 6.29 Å². The average molecular weight is 187 g/mol. The third-order valence-corrected chi connectivity index (χ3v) is 1.85. The smallest absolute Gasteiger partial charge is 0.149 e. The summed E-state index contributed by atoms with van der Waals surface area (Å²) in [7, 11) is 0. The number of halogens is 1. The normalized spacial score (nSPS) is 18.3. The van der Waals surface area contributed by atoms with Gasteiger partial charge in [0.25, 0.3) is 0 Å². The molecular formula is C7H7BrO. The number of carbonyl (C=O) groups is 1. The summed E-state index contributed by atoms with van der Waals surface area (Å²) < 4.78 is 1.12. The van der Waals surface area contributed by atoms with Crippen molar-refractivity contribution in [2.75, 3.05) is 0 Å². The molecule has 0 heterocycles. The number of hydrogen-bond donors (Lipinski definition) is 0. The van der Waals surface area contributed by atoms with Crippen LogP contribution < -0.4 is 0 Å². The lowest BCUT2D eigenvalue weighted by atomic mass is 10.1. The Balaban J connectivity index is 2.74. The summed E-state index contributed by atoms with van der Waals surface area (Å²) in [5, 5.41) is 0. The summed E-state index contributed by atoms with van der Waals surface area (Å²) in [6, 6.07) is 0. The molecule has 0 saturated heterocycles. The molecule has 0 aliphatic heterocycles. The van der Waals surface area contributed by atoms with Crippen LogP contribution in [0.5, 0.6) is 0 Å². The van der Waals surface area contributed by atoms with Crippen LogP contribution in [0.2, 0.25) is 0 Å². The molecule has 0 aromatic carbocycles. The summed E-state index contributed by atoms with van der Waals surface area (Å²) in [5.74, 6) is 0. The van der Waals surface area contributed by atoms with Crippen molar-refractivity contribution in [3.63, 3.8) is 0 Å². The molecule has 0 atom stereocenters. The number of carbonyl (C=O) groups excluding carboxylic acids is 1. The first-order chi connectivity index (χ1) is 4.33. The molecule has 0 amide bonds. The Bertz CT molecular complexity index is 179. The zero-order chi connectivity index (χ0) is 6.69. The molecule has 48 valence electrons. The van der Waals surface area contributed by atoms with E-state index in [1.165, 1.54) is 0 Å². The third kappa shape index (κ3) is 1.79. The first-order valence-corrected chi connectivity index (χ1v) is 3.63. The van der Waals surface area contributed by atoms with E-state index >= 15 is 0 Å². The fourth-order valence-corrected chi connectivity index (χ4v) is 1.26. The van der Waals surface area contributed by atoms with E-state index in [0.29, 0.717) is 0 Å². The Morgan fingerprint density at radius 2 is 2.44 bits per heavy atom. The molecule has 0 spiro atoms. The molecule has 1 rings (SSSR count). The van der Waals surface area contributed by atoms with Gasteiger partial charge in [-0.15, -0.1) is 0 Å². The second kappa shape index (κ2) is 2.97. The molecule has 2 heteroatoms. The first-order valence-electron chi connectivity index (χ1n) is 2.84. The monoisotopic (exact) mass is 186 g/mol. The van der Waals surface area contributed by atoms with Gasteiger partial charge in [0.05, 0.1) is 0 Å². The van der Waals surface area contributed by atoms with Crippen molar-refractivity contribution < 1.29 is 4.79 Å². The van der Waals surface area contributed by atoms with Gasteiger partial charge in [-0.2, -0.15) is 0 Å². The number of aldehydes is 1. The zero-order valence-corrected chi connectivity index (χ0v) is 6.52. The maximum Gasteiger partial charge on any atom is 0.149 e. The maximum atomic E-state index is 10.2. The maximum absolute atomic E-state index is 10.2. The van der Waals surface area contributed by atoms with Crippen molar-refractivity contribution in [3.8, 4) is 0 Å². The SMILES string of the molecule is O=CC1=CCCC(Br)=C1. The van der Waals surface area contributed by atoms with Gasteiger partial charge in [-0.25, -0.2) is 0 Å². The Labute approximate surface area is 62.6 Å². The van der Waals surface area contributed by atoms with Crippen LogP contribution in [0.25, 0.3) is 0 Å². The molecular weight excluding hydrogens is 180 g/mol. The Morgan fingerprint density at radius 1 is 1.67 bits per heavy atom. The van der Waals surface area contributed by atoms with Gasteiger partial charge in [0.2, 0.25) is 0 Å². The van der Waals surface area contributed by atoms with Gasteiger partial charge in [-0.3, -0.25) is 4.79 Å². The van der Waals surface area contributed by atoms with Crippen LogP contribution in [-0.2, 0) is 4.79 Å². The quantitative estimate of drug-likeness (QED) is 0.575. The highest BCUT2D eigenvalue weighted by Gasteiger charge is 1.99. The highest BCUT2D eigenvalue weighted by molar-refractivity contribution is 9.11. The van der Waals surface area contributed by atoms with Crippen molar-refractivity contribution in [1.82, 2.24) is 0 Å². The van der Waals surface area contributed by atoms with Gasteiger partial charge in [-0.05, 0) is 23.4 Å². The standard InChI is InChI=1S/C7H7BrO/c8-7-3-1-2-6(4-7)5-9/h2,4-5H,1,3H2. The second-order valence-electron chi connectivity index (χ2n) is 1.95. The molecule has 9 heavy (non-hydrogen) atoms. The second-order valence-corrected chi connectivity index (χ2v) is 2.97. The van der Waals surface area contributed by atoms with Gasteiger partial charge in [-0.1, -0.05) is 22.0 Å². The number of hydrogen-bond acceptors (Lipinski definition) is 1. The predicted octanol–water partition coefficient (Wildman–Crippen LogP) is 2.18. The van der Waals surface area contributed by atoms with Crippen LogP contribution in [0.3, 0.4) is 0 Å². The van der Waals surface area contributed by atoms with E-state index in [1.807, 2.05) is 12.2 Å². The summed E-state index contributed by atoms with van der Waals surface area (Å²) in [6.07, 6.45) is 6.68. The lowest BCUT2D eigenvalue weighted by molar-refractivity contribution is -0.104. The Morgan fingerprint density at radius 3 is 2.89 bits per heavy atom. The van der Waals surface area contributed by atoms with Gasteiger partial charge in [0, 0.05) is 5.57 Å². The van der Waals surface area contributed by atoms with E-state index in [0.717, 1.165) is 29.2 Å². The first kappa shape index (κ1) is 6.75. The van der Waals surface area contributed by atoms with Crippen LogP contribution in [0.15, 0.2) is 22.2 Å². The lowest BCUT2D eigenvalue weighted by Crippen LogP contribution is -1.87. The number of allylic oxidation sites excluding steroid dienone is 4. The average Bonchev–Trinajstić information content (AvgIpc) is 1.88. The van der Waals surface area contributed by atoms with Crippen LogP contribution in [0.1, 0.15) is 12.8 Å². The molecule has 1 nitrogen and oxygen atoms in total. The predicted molar refractivity (Wildman–Crippen MR) is 40.4 cm³/mol. The van der Waals surface area contributed by atoms with Gasteiger partial charge >= 0.3 is 0 Å². The molecule has 1 aliphatic rings. The molecule has 0 aromatic rings. The highest BCUT2D eigenvalue weighted by Crippen LogP contribution is 2.20. The van der Waals surface area contributed by atoms with E-state index in [-0.39, 0.29) is 0 Å². The van der Waals surface area contributed by atoms with Crippen LogP contribution >= 0.6 is 15.9 Å². The minimum atomic E-state index is 0.785. The molecule has 0 aromatic heterocycles. The summed E-state index contributed by atoms with van der Waals surface area (Å²) in [5.41, 5.74) is 0.785. The highest BCUT2D eigenvalue weighted by atomic mass is 79.9. The molecule has 0 saturated carbocycles. The van der Waals surface area contributed by atoms with Gasteiger partial charge < -0.3 is 0 Å². The zero-order valence-electron chi connectivity index (χ0n) is 4.93.